The van der Waals surface area contributed by atoms with Gasteiger partial charge in [-0.15, -0.1) is 0 Å². The predicted molar refractivity (Wildman–Crippen MR) is 59.4 cm³/mol. The Morgan fingerprint density at radius 3 is 2.50 bits per heavy atom. The molecule has 0 atom stereocenters. The Hall–Kier alpha value is -1.22. The quantitative estimate of drug-likeness (QED) is 0.665. The van der Waals surface area contributed by atoms with Gasteiger partial charge in [-0.25, -0.2) is 0 Å². The first kappa shape index (κ1) is 9.34. The van der Waals surface area contributed by atoms with Crippen LogP contribution in [-0.2, 0) is 0 Å². The van der Waals surface area contributed by atoms with E-state index in [0.717, 1.165) is 26.2 Å². The maximum atomic E-state index is 5.60. The first-order valence-electron chi connectivity index (χ1n) is 4.96. The summed E-state index contributed by atoms with van der Waals surface area (Å²) in [6, 6.07) is 8.98. The highest BCUT2D eigenvalue weighted by molar-refractivity contribution is 5.52. The average molecular weight is 190 g/mol. The highest BCUT2D eigenvalue weighted by Gasteiger charge is 2.13. The molecule has 1 saturated heterocycles. The molecule has 0 spiro atoms. The van der Waals surface area contributed by atoms with E-state index in [9.17, 15) is 0 Å². The minimum atomic E-state index is 0.711. The smallest absolute Gasteiger partial charge is 0.0396 e. The van der Waals surface area contributed by atoms with Crippen LogP contribution >= 0.6 is 0 Å². The van der Waals surface area contributed by atoms with Gasteiger partial charge in [0, 0.05) is 43.6 Å². The lowest BCUT2D eigenvalue weighted by atomic mass is 10.2. The molecule has 14 heavy (non-hydrogen) atoms. The summed E-state index contributed by atoms with van der Waals surface area (Å²) in [6.45, 7) is 4.44. The monoisotopic (exact) mass is 190 g/mol. The number of benzene rings is 1. The minimum Gasteiger partial charge on any atom is -0.398 e. The molecule has 0 bridgehead atoms. The second-order valence-corrected chi connectivity index (χ2v) is 3.79. The van der Waals surface area contributed by atoms with Crippen LogP contribution in [-0.4, -0.2) is 38.1 Å². The summed E-state index contributed by atoms with van der Waals surface area (Å²) in [4.78, 5) is 4.72. The van der Waals surface area contributed by atoms with Gasteiger partial charge in [-0.3, -0.25) is 0 Å². The van der Waals surface area contributed by atoms with Gasteiger partial charge in [0.05, 0.1) is 0 Å². The van der Waals surface area contributed by atoms with E-state index in [-0.39, 0.29) is 0 Å². The summed E-state index contributed by atoms with van der Waals surface area (Å²) in [6.07, 6.45) is 0. The van der Waals surface area contributed by atoms with Crippen LogP contribution in [0.1, 0.15) is 0 Å². The van der Waals surface area contributed by atoms with Crippen molar-refractivity contribution >= 4 is 11.4 Å². The molecule has 0 aromatic heterocycles. The molecule has 0 aliphatic carbocycles. The van der Waals surface area contributed by atoms with Crippen LogP contribution in [0.2, 0.25) is 0 Å². The van der Waals surface area contributed by atoms with Crippen molar-refractivity contribution in [2.45, 2.75) is 0 Å². The molecule has 0 saturated carbocycles. The normalized spacial score (nSPS) is 18.5. The molecule has 0 amide bonds. The van der Waals surface area contributed by atoms with Crippen molar-refractivity contribution in [3.05, 3.63) is 24.3 Å². The van der Waals surface area contributed by atoms with E-state index in [2.05, 4.69) is 29.0 Å². The van der Waals surface area contributed by atoms with Gasteiger partial charge in [-0.1, -0.05) is 0 Å². The minimum absolute atomic E-state index is 0.711. The molecular formula is C11H16N3. The molecular weight excluding hydrogens is 174 g/mol. The van der Waals surface area contributed by atoms with E-state index in [4.69, 9.17) is 5.73 Å². The van der Waals surface area contributed by atoms with Gasteiger partial charge in [-0.2, -0.15) is 0 Å². The molecule has 1 aromatic carbocycles. The van der Waals surface area contributed by atoms with Crippen LogP contribution in [0.15, 0.2) is 18.2 Å². The lowest BCUT2D eigenvalue weighted by Crippen LogP contribution is -2.44. The molecule has 1 fully saturated rings. The van der Waals surface area contributed by atoms with Crippen molar-refractivity contribution in [1.29, 1.82) is 0 Å². The number of hydrogen-bond donors (Lipinski definition) is 1. The summed E-state index contributed by atoms with van der Waals surface area (Å²) >= 11 is 0. The maximum absolute atomic E-state index is 5.60. The van der Waals surface area contributed by atoms with Crippen molar-refractivity contribution < 1.29 is 0 Å². The van der Waals surface area contributed by atoms with Crippen LogP contribution in [0.4, 0.5) is 11.4 Å². The molecule has 3 heteroatoms. The van der Waals surface area contributed by atoms with E-state index >= 15 is 0 Å². The number of piperazine rings is 1. The lowest BCUT2D eigenvalue weighted by Gasteiger charge is -2.34. The molecule has 2 N–H and O–H groups in total. The highest BCUT2D eigenvalue weighted by Crippen LogP contribution is 2.16. The summed E-state index contributed by atoms with van der Waals surface area (Å²) in [5.41, 5.74) is 7.54. The van der Waals surface area contributed by atoms with Crippen LogP contribution in [0, 0.1) is 6.07 Å². The summed E-state index contributed by atoms with van der Waals surface area (Å²) in [5.74, 6) is 0. The number of hydrogen-bond acceptors (Lipinski definition) is 3. The fraction of sp³-hybridized carbons (Fsp3) is 0.455. The first-order chi connectivity index (χ1) is 6.75. The number of nitrogen functional groups attached to an aromatic ring is 1. The summed E-state index contributed by atoms with van der Waals surface area (Å²) < 4.78 is 0. The van der Waals surface area contributed by atoms with Gasteiger partial charge in [0.2, 0.25) is 0 Å². The number of nitrogens with zero attached hydrogens (tertiary/aromatic N) is 2. The SMILES string of the molecule is CN1CCN(c2c[c]c(N)cc2)CC1. The first-order valence-corrected chi connectivity index (χ1v) is 4.96. The van der Waals surface area contributed by atoms with Crippen LogP contribution < -0.4 is 10.6 Å². The Labute approximate surface area is 85.1 Å². The van der Waals surface area contributed by atoms with Gasteiger partial charge < -0.3 is 15.5 Å². The highest BCUT2D eigenvalue weighted by atomic mass is 15.2. The van der Waals surface area contributed by atoms with Gasteiger partial charge in [0.15, 0.2) is 0 Å². The van der Waals surface area contributed by atoms with Crippen LogP contribution in [0.25, 0.3) is 0 Å². The van der Waals surface area contributed by atoms with Crippen molar-refractivity contribution in [1.82, 2.24) is 4.90 Å². The van der Waals surface area contributed by atoms with E-state index in [0.29, 0.717) is 5.69 Å². The molecule has 1 heterocycles. The molecule has 1 aliphatic rings. The third kappa shape index (κ3) is 1.99. The van der Waals surface area contributed by atoms with Crippen molar-refractivity contribution in [3.8, 4) is 0 Å². The molecule has 3 nitrogen and oxygen atoms in total. The molecule has 1 aromatic rings. The van der Waals surface area contributed by atoms with E-state index in [1.807, 2.05) is 12.1 Å². The summed E-state index contributed by atoms with van der Waals surface area (Å²) in [7, 11) is 2.16. The molecule has 0 unspecified atom stereocenters. The van der Waals surface area contributed by atoms with Gasteiger partial charge >= 0.3 is 0 Å². The largest absolute Gasteiger partial charge is 0.398 e. The fourth-order valence-corrected chi connectivity index (χ4v) is 1.69. The Kier molecular flexibility index (Phi) is 2.59. The third-order valence-corrected chi connectivity index (χ3v) is 2.69. The molecule has 2 rings (SSSR count). The van der Waals surface area contributed by atoms with E-state index in [1.54, 1.807) is 0 Å². The third-order valence-electron chi connectivity index (χ3n) is 2.69. The Morgan fingerprint density at radius 1 is 1.21 bits per heavy atom. The molecule has 75 valence electrons. The molecule has 1 aliphatic heterocycles. The average Bonchev–Trinajstić information content (AvgIpc) is 2.21. The number of rotatable bonds is 1. The van der Waals surface area contributed by atoms with Gasteiger partial charge in [0.1, 0.15) is 0 Å². The zero-order valence-corrected chi connectivity index (χ0v) is 8.53. The lowest BCUT2D eigenvalue weighted by molar-refractivity contribution is 0.313. The molecule has 1 radical (unpaired) electrons. The van der Waals surface area contributed by atoms with Gasteiger partial charge in [0.25, 0.3) is 0 Å². The number of anilines is 2. The number of nitrogens with two attached hydrogens (primary N) is 1. The van der Waals surface area contributed by atoms with E-state index in [1.165, 1.54) is 5.69 Å². The second kappa shape index (κ2) is 3.88. The zero-order valence-electron chi connectivity index (χ0n) is 8.53. The summed E-state index contributed by atoms with van der Waals surface area (Å²) in [5, 5.41) is 0. The van der Waals surface area contributed by atoms with Crippen molar-refractivity contribution in [3.63, 3.8) is 0 Å². The standard InChI is InChI=1S/C11H16N3/c1-13-6-8-14(9-7-13)11-4-2-10(12)3-5-11/h2,4-5H,6-9,12H2,1H3. The van der Waals surface area contributed by atoms with Gasteiger partial charge in [-0.05, 0) is 25.2 Å². The number of likely N-dealkylation sites (N-methyl/N-ethyl adjacent to an activating group) is 1. The van der Waals surface area contributed by atoms with Crippen LogP contribution in [0.3, 0.4) is 0 Å². The predicted octanol–water partition coefficient (Wildman–Crippen LogP) is 0.821. The topological polar surface area (TPSA) is 32.5 Å². The Bertz CT molecular complexity index is 286. The van der Waals surface area contributed by atoms with Crippen molar-refractivity contribution in [2.24, 2.45) is 0 Å². The van der Waals surface area contributed by atoms with Crippen molar-refractivity contribution in [2.75, 3.05) is 43.9 Å². The Morgan fingerprint density at radius 2 is 1.93 bits per heavy atom. The zero-order chi connectivity index (χ0) is 9.97. The Balaban J connectivity index is 2.05. The van der Waals surface area contributed by atoms with E-state index < -0.39 is 0 Å². The van der Waals surface area contributed by atoms with Crippen LogP contribution in [0.5, 0.6) is 0 Å². The maximum Gasteiger partial charge on any atom is 0.0396 e. The fourth-order valence-electron chi connectivity index (χ4n) is 1.69. The second-order valence-electron chi connectivity index (χ2n) is 3.79.